The molecule has 0 bridgehead atoms. The van der Waals surface area contributed by atoms with Crippen molar-refractivity contribution in [1.82, 2.24) is 0 Å². The fourth-order valence-electron chi connectivity index (χ4n) is 0.785. The summed E-state index contributed by atoms with van der Waals surface area (Å²) in [7, 11) is 0. The molecule has 12 heavy (non-hydrogen) atoms. The first-order valence-corrected chi connectivity index (χ1v) is 4.88. The van der Waals surface area contributed by atoms with E-state index >= 15 is 0 Å². The topological polar surface area (TPSA) is 9.23 Å². The first-order chi connectivity index (χ1) is 5.66. The van der Waals surface area contributed by atoms with Gasteiger partial charge in [0.15, 0.2) is 11.6 Å². The molecule has 0 saturated carbocycles. The molecule has 1 aromatic rings. The van der Waals surface area contributed by atoms with Crippen LogP contribution in [0.25, 0.3) is 0 Å². The van der Waals surface area contributed by atoms with E-state index < -0.39 is 0 Å². The monoisotopic (exact) mass is 300 g/mol. The highest BCUT2D eigenvalue weighted by Gasteiger charge is 2.10. The molecule has 0 unspecified atom stereocenters. The lowest BCUT2D eigenvalue weighted by Crippen LogP contribution is -1.96. The Morgan fingerprint density at radius 3 is 2.83 bits per heavy atom. The van der Waals surface area contributed by atoms with Gasteiger partial charge in [-0.25, -0.2) is 4.39 Å². The fraction of sp³-hybridized carbons (Fsp3) is 0.250. The SMILES string of the molecule is CCOc1c(Cl)ccc(I)c1F. The molecule has 0 atom stereocenters. The van der Waals surface area contributed by atoms with Crippen LogP contribution in [0.3, 0.4) is 0 Å². The summed E-state index contributed by atoms with van der Waals surface area (Å²) in [5.74, 6) is -0.240. The molecule has 0 heterocycles. The van der Waals surface area contributed by atoms with E-state index in [0.717, 1.165) is 0 Å². The van der Waals surface area contributed by atoms with Crippen molar-refractivity contribution in [2.75, 3.05) is 6.61 Å². The van der Waals surface area contributed by atoms with Crippen molar-refractivity contribution in [2.24, 2.45) is 0 Å². The van der Waals surface area contributed by atoms with Gasteiger partial charge in [-0.2, -0.15) is 0 Å². The summed E-state index contributed by atoms with van der Waals surface area (Å²) in [6.45, 7) is 2.20. The maximum atomic E-state index is 13.2. The van der Waals surface area contributed by atoms with Crippen molar-refractivity contribution in [1.29, 1.82) is 0 Å². The van der Waals surface area contributed by atoms with Gasteiger partial charge in [0.1, 0.15) is 0 Å². The molecule has 0 aliphatic rings. The lowest BCUT2D eigenvalue weighted by Gasteiger charge is -2.07. The molecule has 0 aliphatic heterocycles. The van der Waals surface area contributed by atoms with Gasteiger partial charge in [-0.1, -0.05) is 11.6 Å². The van der Waals surface area contributed by atoms with Crippen LogP contribution in [-0.2, 0) is 0 Å². The summed E-state index contributed by atoms with van der Waals surface area (Å²) in [6.07, 6.45) is 0. The number of halogens is 3. The van der Waals surface area contributed by atoms with Crippen molar-refractivity contribution in [3.05, 3.63) is 26.5 Å². The van der Waals surface area contributed by atoms with E-state index in [9.17, 15) is 4.39 Å². The van der Waals surface area contributed by atoms with E-state index in [0.29, 0.717) is 15.2 Å². The standard InChI is InChI=1S/C8H7ClFIO/c1-2-12-8-5(9)3-4-6(11)7(8)10/h3-4H,2H2,1H3. The van der Waals surface area contributed by atoms with Gasteiger partial charge in [-0.15, -0.1) is 0 Å². The van der Waals surface area contributed by atoms with E-state index in [2.05, 4.69) is 0 Å². The maximum absolute atomic E-state index is 13.2. The highest BCUT2D eigenvalue weighted by Crippen LogP contribution is 2.30. The van der Waals surface area contributed by atoms with Crippen LogP contribution in [0.15, 0.2) is 12.1 Å². The number of hydrogen-bond acceptors (Lipinski definition) is 1. The van der Waals surface area contributed by atoms with Crippen LogP contribution in [0.5, 0.6) is 5.75 Å². The molecular formula is C8H7ClFIO. The Balaban J connectivity index is 3.14. The molecule has 0 spiro atoms. The van der Waals surface area contributed by atoms with Gasteiger partial charge in [0.25, 0.3) is 0 Å². The van der Waals surface area contributed by atoms with E-state index in [4.69, 9.17) is 16.3 Å². The second kappa shape index (κ2) is 4.28. The van der Waals surface area contributed by atoms with Crippen molar-refractivity contribution >= 4 is 34.2 Å². The molecule has 0 amide bonds. The van der Waals surface area contributed by atoms with Crippen molar-refractivity contribution in [3.8, 4) is 5.75 Å². The third-order valence-electron chi connectivity index (χ3n) is 1.29. The van der Waals surface area contributed by atoms with Gasteiger partial charge >= 0.3 is 0 Å². The smallest absolute Gasteiger partial charge is 0.179 e. The minimum absolute atomic E-state index is 0.145. The summed E-state index contributed by atoms with van der Waals surface area (Å²) in [5.41, 5.74) is 0. The third-order valence-corrected chi connectivity index (χ3v) is 2.42. The number of rotatable bonds is 2. The molecule has 0 aromatic heterocycles. The minimum Gasteiger partial charge on any atom is -0.489 e. The molecule has 66 valence electrons. The molecule has 1 aromatic carbocycles. The highest BCUT2D eigenvalue weighted by molar-refractivity contribution is 14.1. The van der Waals surface area contributed by atoms with Gasteiger partial charge in [0.2, 0.25) is 0 Å². The van der Waals surface area contributed by atoms with Gasteiger partial charge in [-0.3, -0.25) is 0 Å². The second-order valence-corrected chi connectivity index (χ2v) is 3.67. The second-order valence-electron chi connectivity index (χ2n) is 2.11. The van der Waals surface area contributed by atoms with Crippen LogP contribution in [0, 0.1) is 9.39 Å². The molecule has 0 radical (unpaired) electrons. The quantitative estimate of drug-likeness (QED) is 0.600. The average Bonchev–Trinajstić information content (AvgIpc) is 2.06. The Bertz CT molecular complexity index is 291. The molecule has 0 aliphatic carbocycles. The first kappa shape index (κ1) is 10.1. The molecule has 1 rings (SSSR count). The zero-order chi connectivity index (χ0) is 9.14. The summed E-state index contributed by atoms with van der Waals surface area (Å²) in [4.78, 5) is 0. The Morgan fingerprint density at radius 2 is 2.25 bits per heavy atom. The van der Waals surface area contributed by atoms with Crippen LogP contribution >= 0.6 is 34.2 Å². The Hall–Kier alpha value is -0.0300. The first-order valence-electron chi connectivity index (χ1n) is 3.43. The lowest BCUT2D eigenvalue weighted by atomic mass is 10.3. The Kier molecular flexibility index (Phi) is 3.58. The molecular weight excluding hydrogens is 293 g/mol. The van der Waals surface area contributed by atoms with Crippen LogP contribution in [0.4, 0.5) is 4.39 Å². The predicted octanol–water partition coefficient (Wildman–Crippen LogP) is 3.48. The van der Waals surface area contributed by atoms with Gasteiger partial charge in [-0.05, 0) is 41.6 Å². The molecule has 0 saturated heterocycles. The zero-order valence-corrected chi connectivity index (χ0v) is 9.32. The zero-order valence-electron chi connectivity index (χ0n) is 6.40. The van der Waals surface area contributed by atoms with Crippen LogP contribution in [0.2, 0.25) is 5.02 Å². The molecule has 4 heteroatoms. The van der Waals surface area contributed by atoms with Crippen molar-refractivity contribution in [2.45, 2.75) is 6.92 Å². The summed E-state index contributed by atoms with van der Waals surface area (Å²) in [6, 6.07) is 3.23. The van der Waals surface area contributed by atoms with Crippen LogP contribution < -0.4 is 4.74 Å². The van der Waals surface area contributed by atoms with E-state index in [1.54, 1.807) is 19.1 Å². The summed E-state index contributed by atoms with van der Waals surface area (Å²) in [5, 5.41) is 0.315. The van der Waals surface area contributed by atoms with E-state index in [1.165, 1.54) is 0 Å². The minimum atomic E-state index is -0.384. The van der Waals surface area contributed by atoms with Crippen molar-refractivity contribution < 1.29 is 9.13 Å². The maximum Gasteiger partial charge on any atom is 0.179 e. The summed E-state index contributed by atoms with van der Waals surface area (Å²) < 4.78 is 18.8. The largest absolute Gasteiger partial charge is 0.489 e. The Morgan fingerprint density at radius 1 is 1.58 bits per heavy atom. The van der Waals surface area contributed by atoms with Crippen LogP contribution in [0.1, 0.15) is 6.92 Å². The van der Waals surface area contributed by atoms with Gasteiger partial charge in [0.05, 0.1) is 15.2 Å². The van der Waals surface area contributed by atoms with E-state index in [-0.39, 0.29) is 11.6 Å². The molecule has 0 N–H and O–H groups in total. The molecule has 0 fully saturated rings. The van der Waals surface area contributed by atoms with Gasteiger partial charge < -0.3 is 4.74 Å². The Labute approximate surface area is 89.0 Å². The highest BCUT2D eigenvalue weighted by atomic mass is 127. The predicted molar refractivity (Wildman–Crippen MR) is 55.3 cm³/mol. The number of benzene rings is 1. The number of hydrogen-bond donors (Lipinski definition) is 0. The van der Waals surface area contributed by atoms with Crippen LogP contribution in [-0.4, -0.2) is 6.61 Å². The van der Waals surface area contributed by atoms with Gasteiger partial charge in [0, 0.05) is 0 Å². The summed E-state index contributed by atoms with van der Waals surface area (Å²) >= 11 is 7.60. The van der Waals surface area contributed by atoms with E-state index in [1.807, 2.05) is 22.6 Å². The normalized spacial score (nSPS) is 10.0. The lowest BCUT2D eigenvalue weighted by molar-refractivity contribution is 0.321. The fourth-order valence-corrected chi connectivity index (χ4v) is 1.41. The average molecular weight is 300 g/mol. The van der Waals surface area contributed by atoms with Crippen molar-refractivity contribution in [3.63, 3.8) is 0 Å². The third kappa shape index (κ3) is 2.01. The molecule has 1 nitrogen and oxygen atoms in total. The number of ether oxygens (including phenoxy) is 1.